The maximum atomic E-state index is 11.7. The Morgan fingerprint density at radius 2 is 2.12 bits per heavy atom. The highest BCUT2D eigenvalue weighted by molar-refractivity contribution is 6.31. The number of carbonyl (C=O) groups excluding carboxylic acids is 1. The van der Waals surface area contributed by atoms with Gasteiger partial charge in [0.15, 0.2) is 0 Å². The molecule has 2 nitrogen and oxygen atoms in total. The Labute approximate surface area is 108 Å². The molecule has 0 amide bonds. The fourth-order valence-electron chi connectivity index (χ4n) is 1.62. The number of Topliss-reactive ketones (excluding diaryl/α,β-unsaturated/α-hetero) is 1. The lowest BCUT2D eigenvalue weighted by atomic mass is 10.0. The number of ether oxygens (including phenoxy) is 1. The van der Waals surface area contributed by atoms with Gasteiger partial charge in [0.05, 0.1) is 6.61 Å². The van der Waals surface area contributed by atoms with Crippen LogP contribution < -0.4 is 4.74 Å². The number of hydrogen-bond donors (Lipinski definition) is 0. The first-order valence-corrected chi connectivity index (χ1v) is 6.48. The molecule has 1 aromatic carbocycles. The molecule has 17 heavy (non-hydrogen) atoms. The van der Waals surface area contributed by atoms with E-state index in [0.717, 1.165) is 24.2 Å². The molecule has 0 saturated carbocycles. The highest BCUT2D eigenvalue weighted by Crippen LogP contribution is 2.23. The van der Waals surface area contributed by atoms with E-state index < -0.39 is 0 Å². The van der Waals surface area contributed by atoms with Gasteiger partial charge in [0.1, 0.15) is 11.5 Å². The Hall–Kier alpha value is -1.02. The van der Waals surface area contributed by atoms with Crippen LogP contribution in [0.25, 0.3) is 0 Å². The minimum Gasteiger partial charge on any atom is -0.494 e. The molecule has 0 aromatic heterocycles. The van der Waals surface area contributed by atoms with Crippen LogP contribution in [-0.4, -0.2) is 12.4 Å². The maximum absolute atomic E-state index is 11.7. The van der Waals surface area contributed by atoms with Crippen molar-refractivity contribution < 1.29 is 9.53 Å². The average molecular weight is 255 g/mol. The van der Waals surface area contributed by atoms with Crippen molar-refractivity contribution in [1.82, 2.24) is 0 Å². The molecule has 1 rings (SSSR count). The predicted octanol–water partition coefficient (Wildman–Crippen LogP) is 4.04. The molecular weight excluding hydrogens is 236 g/mol. The van der Waals surface area contributed by atoms with E-state index in [1.807, 2.05) is 19.1 Å². The Morgan fingerprint density at radius 1 is 1.35 bits per heavy atom. The van der Waals surface area contributed by atoms with Crippen LogP contribution in [0.5, 0.6) is 5.75 Å². The van der Waals surface area contributed by atoms with Crippen LogP contribution in [0.2, 0.25) is 5.02 Å². The molecule has 0 bridgehead atoms. The summed E-state index contributed by atoms with van der Waals surface area (Å²) in [7, 11) is 0. The molecule has 0 N–H and O–H groups in total. The van der Waals surface area contributed by atoms with Crippen molar-refractivity contribution in [2.75, 3.05) is 6.61 Å². The quantitative estimate of drug-likeness (QED) is 0.734. The Kier molecular flexibility index (Phi) is 6.06. The molecule has 0 aliphatic heterocycles. The van der Waals surface area contributed by atoms with E-state index in [-0.39, 0.29) is 5.78 Å². The Bertz CT molecular complexity index is 374. The van der Waals surface area contributed by atoms with Gasteiger partial charge in [0.2, 0.25) is 0 Å². The largest absolute Gasteiger partial charge is 0.494 e. The summed E-state index contributed by atoms with van der Waals surface area (Å²) in [5, 5.41) is 0.637. The number of ketones is 1. The van der Waals surface area contributed by atoms with E-state index in [4.69, 9.17) is 16.3 Å². The smallest absolute Gasteiger partial charge is 0.137 e. The van der Waals surface area contributed by atoms with E-state index in [1.165, 1.54) is 0 Å². The van der Waals surface area contributed by atoms with Gasteiger partial charge in [-0.05, 0) is 37.1 Å². The number of unbranched alkanes of at least 4 members (excludes halogenated alkanes) is 1. The molecule has 0 atom stereocenters. The van der Waals surface area contributed by atoms with Gasteiger partial charge in [-0.1, -0.05) is 24.9 Å². The molecule has 1 aromatic rings. The van der Waals surface area contributed by atoms with Gasteiger partial charge in [0, 0.05) is 17.9 Å². The van der Waals surface area contributed by atoms with Crippen LogP contribution in [0.3, 0.4) is 0 Å². The molecular formula is C14H19ClO2. The van der Waals surface area contributed by atoms with Crippen molar-refractivity contribution in [3.8, 4) is 5.75 Å². The predicted molar refractivity (Wildman–Crippen MR) is 70.9 cm³/mol. The van der Waals surface area contributed by atoms with Crippen molar-refractivity contribution in [2.45, 2.75) is 39.5 Å². The molecule has 0 heterocycles. The lowest BCUT2D eigenvalue weighted by Crippen LogP contribution is -2.03. The summed E-state index contributed by atoms with van der Waals surface area (Å²) in [6, 6.07) is 5.47. The monoisotopic (exact) mass is 254 g/mol. The van der Waals surface area contributed by atoms with E-state index in [9.17, 15) is 4.79 Å². The van der Waals surface area contributed by atoms with Gasteiger partial charge < -0.3 is 4.74 Å². The molecule has 3 heteroatoms. The first-order valence-electron chi connectivity index (χ1n) is 6.10. The Morgan fingerprint density at radius 3 is 2.76 bits per heavy atom. The van der Waals surface area contributed by atoms with Gasteiger partial charge in [0.25, 0.3) is 0 Å². The van der Waals surface area contributed by atoms with E-state index in [1.54, 1.807) is 6.07 Å². The van der Waals surface area contributed by atoms with Gasteiger partial charge in [-0.2, -0.15) is 0 Å². The highest BCUT2D eigenvalue weighted by Gasteiger charge is 2.08. The second kappa shape index (κ2) is 7.33. The number of halogens is 1. The SMILES string of the molecule is CCCCC(=O)Cc1cc(OCC)ccc1Cl. The summed E-state index contributed by atoms with van der Waals surface area (Å²) in [6.07, 6.45) is 3.02. The zero-order valence-electron chi connectivity index (χ0n) is 10.5. The van der Waals surface area contributed by atoms with Crippen LogP contribution >= 0.6 is 11.6 Å². The Balaban J connectivity index is 2.68. The lowest BCUT2D eigenvalue weighted by molar-refractivity contribution is -0.118. The fourth-order valence-corrected chi connectivity index (χ4v) is 1.80. The van der Waals surface area contributed by atoms with Gasteiger partial charge >= 0.3 is 0 Å². The van der Waals surface area contributed by atoms with Crippen molar-refractivity contribution in [3.05, 3.63) is 28.8 Å². The molecule has 0 radical (unpaired) electrons. The standard InChI is InChI=1S/C14H19ClO2/c1-3-5-6-12(16)9-11-10-13(17-4-2)7-8-14(11)15/h7-8,10H,3-6,9H2,1-2H3. The molecule has 0 aliphatic rings. The summed E-state index contributed by atoms with van der Waals surface area (Å²) in [4.78, 5) is 11.7. The summed E-state index contributed by atoms with van der Waals surface area (Å²) in [6.45, 7) is 4.63. The summed E-state index contributed by atoms with van der Waals surface area (Å²) >= 11 is 6.07. The lowest BCUT2D eigenvalue weighted by Gasteiger charge is -2.07. The first-order chi connectivity index (χ1) is 8.17. The topological polar surface area (TPSA) is 26.3 Å². The second-order valence-electron chi connectivity index (χ2n) is 4.01. The number of rotatable bonds is 7. The molecule has 0 spiro atoms. The van der Waals surface area contributed by atoms with E-state index in [2.05, 4.69) is 6.92 Å². The number of carbonyl (C=O) groups is 1. The summed E-state index contributed by atoms with van der Waals surface area (Å²) in [5.74, 6) is 1.01. The normalized spacial score (nSPS) is 10.3. The van der Waals surface area contributed by atoms with Crippen molar-refractivity contribution >= 4 is 17.4 Å². The average Bonchev–Trinajstić information content (AvgIpc) is 2.31. The molecule has 94 valence electrons. The van der Waals surface area contributed by atoms with Gasteiger partial charge in [-0.25, -0.2) is 0 Å². The van der Waals surface area contributed by atoms with E-state index >= 15 is 0 Å². The van der Waals surface area contributed by atoms with Crippen LogP contribution in [-0.2, 0) is 11.2 Å². The van der Waals surface area contributed by atoms with Crippen LogP contribution in [0.1, 0.15) is 38.7 Å². The first kappa shape index (κ1) is 14.0. The molecule has 0 unspecified atom stereocenters. The number of benzene rings is 1. The van der Waals surface area contributed by atoms with E-state index in [0.29, 0.717) is 24.5 Å². The van der Waals surface area contributed by atoms with Crippen LogP contribution in [0.4, 0.5) is 0 Å². The summed E-state index contributed by atoms with van der Waals surface area (Å²) < 4.78 is 5.39. The third kappa shape index (κ3) is 4.78. The highest BCUT2D eigenvalue weighted by atomic mass is 35.5. The maximum Gasteiger partial charge on any atom is 0.137 e. The van der Waals surface area contributed by atoms with Crippen molar-refractivity contribution in [2.24, 2.45) is 0 Å². The van der Waals surface area contributed by atoms with Crippen molar-refractivity contribution in [3.63, 3.8) is 0 Å². The van der Waals surface area contributed by atoms with Crippen LogP contribution in [0.15, 0.2) is 18.2 Å². The fraction of sp³-hybridized carbons (Fsp3) is 0.500. The van der Waals surface area contributed by atoms with Gasteiger partial charge in [-0.15, -0.1) is 0 Å². The number of hydrogen-bond acceptors (Lipinski definition) is 2. The third-order valence-electron chi connectivity index (χ3n) is 2.52. The van der Waals surface area contributed by atoms with Gasteiger partial charge in [-0.3, -0.25) is 4.79 Å². The minimum absolute atomic E-state index is 0.238. The molecule has 0 aliphatic carbocycles. The zero-order valence-corrected chi connectivity index (χ0v) is 11.2. The molecule has 0 saturated heterocycles. The third-order valence-corrected chi connectivity index (χ3v) is 2.89. The van der Waals surface area contributed by atoms with Crippen molar-refractivity contribution in [1.29, 1.82) is 0 Å². The van der Waals surface area contributed by atoms with Crippen LogP contribution in [0, 0.1) is 0 Å². The second-order valence-corrected chi connectivity index (χ2v) is 4.41. The molecule has 0 fully saturated rings. The minimum atomic E-state index is 0.238. The summed E-state index contributed by atoms with van der Waals surface area (Å²) in [5.41, 5.74) is 0.860. The zero-order chi connectivity index (χ0) is 12.7.